The minimum absolute atomic E-state index is 0.144. The Balaban J connectivity index is 1.39. The van der Waals surface area contributed by atoms with E-state index < -0.39 is 5.60 Å². The average Bonchev–Trinajstić information content (AvgIpc) is 3.23. The molecule has 144 valence electrons. The summed E-state index contributed by atoms with van der Waals surface area (Å²) in [5, 5.41) is 2.95. The van der Waals surface area contributed by atoms with Crippen LogP contribution in [0.2, 0.25) is 0 Å². The van der Waals surface area contributed by atoms with Crippen LogP contribution in [0.15, 0.2) is 52.5 Å². The molecule has 3 aliphatic rings. The van der Waals surface area contributed by atoms with Gasteiger partial charge in [0.05, 0.1) is 0 Å². The number of benzene rings is 2. The Hall–Kier alpha value is -2.51. The molecule has 5 rings (SSSR count). The zero-order chi connectivity index (χ0) is 19.3. The molecule has 6 nitrogen and oxygen atoms in total. The minimum atomic E-state index is -1.04. The second-order valence-corrected chi connectivity index (χ2v) is 7.97. The van der Waals surface area contributed by atoms with Crippen molar-refractivity contribution in [2.45, 2.75) is 25.0 Å². The summed E-state index contributed by atoms with van der Waals surface area (Å²) in [6.45, 7) is 2.52. The first-order valence-corrected chi connectivity index (χ1v) is 9.82. The fraction of sp³-hybridized carbons (Fsp3) is 0.286. The molecule has 2 atom stereocenters. The van der Waals surface area contributed by atoms with E-state index >= 15 is 0 Å². The molecule has 1 amide bonds. The van der Waals surface area contributed by atoms with Gasteiger partial charge in [-0.05, 0) is 31.2 Å². The van der Waals surface area contributed by atoms with Gasteiger partial charge in [0.1, 0.15) is 18.5 Å². The van der Waals surface area contributed by atoms with E-state index in [0.29, 0.717) is 23.7 Å². The van der Waals surface area contributed by atoms with Crippen LogP contribution in [-0.2, 0) is 15.1 Å². The summed E-state index contributed by atoms with van der Waals surface area (Å²) >= 11 is 3.58. The van der Waals surface area contributed by atoms with Crippen LogP contribution in [0.3, 0.4) is 0 Å². The van der Waals surface area contributed by atoms with Crippen LogP contribution in [0.5, 0.6) is 17.2 Å². The van der Waals surface area contributed by atoms with Gasteiger partial charge in [0, 0.05) is 28.2 Å². The minimum Gasteiger partial charge on any atom is -0.490 e. The zero-order valence-electron chi connectivity index (χ0n) is 15.2. The maximum atomic E-state index is 12.9. The molecule has 0 radical (unpaired) electrons. The second kappa shape index (κ2) is 6.53. The van der Waals surface area contributed by atoms with Crippen molar-refractivity contribution >= 4 is 27.5 Å². The largest absolute Gasteiger partial charge is 0.490 e. The number of fused-ring (bicyclic) bond motifs is 3. The van der Waals surface area contributed by atoms with E-state index in [9.17, 15) is 4.79 Å². The van der Waals surface area contributed by atoms with Gasteiger partial charge in [-0.15, -0.1) is 0 Å². The van der Waals surface area contributed by atoms with Gasteiger partial charge in [0.25, 0.3) is 5.91 Å². The van der Waals surface area contributed by atoms with Crippen LogP contribution in [0.4, 0.5) is 5.69 Å². The number of carbonyl (C=O) groups is 1. The summed E-state index contributed by atoms with van der Waals surface area (Å²) in [4.78, 5) is 12.9. The van der Waals surface area contributed by atoms with Gasteiger partial charge in [-0.1, -0.05) is 33.6 Å². The number of ether oxygens (including phenoxy) is 4. The van der Waals surface area contributed by atoms with Gasteiger partial charge in [0.2, 0.25) is 6.79 Å². The van der Waals surface area contributed by atoms with Crippen molar-refractivity contribution in [3.8, 4) is 17.2 Å². The Bertz CT molecular complexity index is 1000. The van der Waals surface area contributed by atoms with Gasteiger partial charge < -0.3 is 24.3 Å². The predicted octanol–water partition coefficient (Wildman–Crippen LogP) is 4.14. The highest BCUT2D eigenvalue weighted by atomic mass is 79.9. The molecular formula is C21H18BrNO5. The van der Waals surface area contributed by atoms with Crippen molar-refractivity contribution in [3.63, 3.8) is 0 Å². The van der Waals surface area contributed by atoms with Crippen molar-refractivity contribution in [2.75, 3.05) is 18.7 Å². The molecule has 0 bridgehead atoms. The van der Waals surface area contributed by atoms with E-state index in [-0.39, 0.29) is 25.4 Å². The molecule has 0 unspecified atom stereocenters. The summed E-state index contributed by atoms with van der Waals surface area (Å²) in [6.07, 6.45) is 2.16. The van der Waals surface area contributed by atoms with Crippen LogP contribution >= 0.6 is 15.9 Å². The van der Waals surface area contributed by atoms with E-state index in [0.717, 1.165) is 21.3 Å². The summed E-state index contributed by atoms with van der Waals surface area (Å²) in [7, 11) is 0. The molecule has 0 saturated heterocycles. The number of carbonyl (C=O) groups excluding carboxylic acids is 1. The highest BCUT2D eigenvalue weighted by molar-refractivity contribution is 9.10. The lowest BCUT2D eigenvalue weighted by molar-refractivity contribution is -0.151. The Kier molecular flexibility index (Phi) is 4.10. The van der Waals surface area contributed by atoms with Crippen LogP contribution in [-0.4, -0.2) is 25.4 Å². The lowest BCUT2D eigenvalue weighted by atomic mass is 9.85. The van der Waals surface area contributed by atoms with Gasteiger partial charge in [-0.3, -0.25) is 4.79 Å². The highest BCUT2D eigenvalue weighted by Gasteiger charge is 2.52. The average molecular weight is 444 g/mol. The van der Waals surface area contributed by atoms with E-state index in [1.54, 1.807) is 6.07 Å². The van der Waals surface area contributed by atoms with Crippen molar-refractivity contribution in [1.29, 1.82) is 0 Å². The predicted molar refractivity (Wildman–Crippen MR) is 106 cm³/mol. The van der Waals surface area contributed by atoms with Gasteiger partial charge in [-0.2, -0.15) is 0 Å². The number of rotatable bonds is 3. The molecular weight excluding hydrogens is 426 g/mol. The maximum Gasteiger partial charge on any atom is 0.261 e. The Morgan fingerprint density at radius 1 is 1.25 bits per heavy atom. The first-order valence-electron chi connectivity index (χ1n) is 9.03. The summed E-state index contributed by atoms with van der Waals surface area (Å²) in [5.41, 5.74) is 1.67. The Morgan fingerprint density at radius 2 is 2.11 bits per heavy atom. The molecule has 3 aliphatic heterocycles. The summed E-state index contributed by atoms with van der Waals surface area (Å²) in [5.74, 6) is 1.89. The number of hydrogen-bond donors (Lipinski definition) is 1. The van der Waals surface area contributed by atoms with Crippen LogP contribution < -0.4 is 19.5 Å². The number of anilines is 1. The van der Waals surface area contributed by atoms with Crippen molar-refractivity contribution < 1.29 is 23.7 Å². The number of nitrogens with one attached hydrogen (secondary N) is 1. The van der Waals surface area contributed by atoms with Crippen molar-refractivity contribution in [1.82, 2.24) is 0 Å². The van der Waals surface area contributed by atoms with Crippen molar-refractivity contribution in [3.05, 3.63) is 58.1 Å². The quantitative estimate of drug-likeness (QED) is 0.722. The highest BCUT2D eigenvalue weighted by Crippen LogP contribution is 2.49. The Labute approximate surface area is 170 Å². The molecule has 1 N–H and O–H groups in total. The van der Waals surface area contributed by atoms with Crippen molar-refractivity contribution in [2.24, 2.45) is 0 Å². The number of halogens is 1. The molecule has 0 saturated carbocycles. The summed E-state index contributed by atoms with van der Waals surface area (Å²) in [6, 6.07) is 11.2. The zero-order valence-corrected chi connectivity index (χ0v) is 16.7. The number of amides is 1. The third-order valence-corrected chi connectivity index (χ3v) is 5.80. The molecule has 1 spiro atoms. The van der Waals surface area contributed by atoms with Crippen LogP contribution in [0, 0.1) is 0 Å². The first-order chi connectivity index (χ1) is 13.5. The molecule has 2 aromatic carbocycles. The van der Waals surface area contributed by atoms with E-state index in [1.165, 1.54) is 0 Å². The van der Waals surface area contributed by atoms with E-state index in [1.807, 2.05) is 43.3 Å². The lowest BCUT2D eigenvalue weighted by Crippen LogP contribution is -2.44. The molecule has 0 aromatic heterocycles. The Morgan fingerprint density at radius 3 is 3.00 bits per heavy atom. The van der Waals surface area contributed by atoms with Crippen LogP contribution in [0.25, 0.3) is 0 Å². The normalized spacial score (nSPS) is 24.7. The second-order valence-electron chi connectivity index (χ2n) is 7.12. The van der Waals surface area contributed by atoms with E-state index in [4.69, 9.17) is 18.9 Å². The maximum absolute atomic E-state index is 12.9. The van der Waals surface area contributed by atoms with Gasteiger partial charge in [0.15, 0.2) is 17.1 Å². The number of hydrogen-bond acceptors (Lipinski definition) is 5. The topological polar surface area (TPSA) is 66.0 Å². The van der Waals surface area contributed by atoms with Gasteiger partial charge >= 0.3 is 0 Å². The molecule has 0 aliphatic carbocycles. The van der Waals surface area contributed by atoms with Crippen LogP contribution in [0.1, 0.15) is 18.9 Å². The smallest absolute Gasteiger partial charge is 0.261 e. The molecule has 3 heterocycles. The fourth-order valence-electron chi connectivity index (χ4n) is 3.99. The SMILES string of the molecule is CC1=C[C@H](COc2ccc3c(c2)OCO3)O[C@]2(C1)C(=O)Nc1cccc(Br)c12. The van der Waals surface area contributed by atoms with Gasteiger partial charge in [-0.25, -0.2) is 0 Å². The fourth-order valence-corrected chi connectivity index (χ4v) is 4.67. The standard InChI is InChI=1S/C21H18BrNO5/c1-12-7-14(10-25-13-5-6-17-18(8-13)27-11-26-17)28-21(9-12)19-15(22)3-2-4-16(19)23-20(21)24/h2-8,14H,9-11H2,1H3,(H,23,24)/t14-,21+/m1/s1. The first kappa shape index (κ1) is 17.6. The molecule has 0 fully saturated rings. The third-order valence-electron chi connectivity index (χ3n) is 5.14. The molecule has 2 aromatic rings. The molecule has 28 heavy (non-hydrogen) atoms. The third kappa shape index (κ3) is 2.77. The lowest BCUT2D eigenvalue weighted by Gasteiger charge is -2.36. The van der Waals surface area contributed by atoms with E-state index in [2.05, 4.69) is 21.2 Å². The molecule has 7 heteroatoms. The summed E-state index contributed by atoms with van der Waals surface area (Å²) < 4.78 is 23.8. The monoisotopic (exact) mass is 443 g/mol.